The second-order valence-electron chi connectivity index (χ2n) is 6.42. The van der Waals surface area contributed by atoms with Gasteiger partial charge in [-0.25, -0.2) is 0 Å². The fraction of sp³-hybridized carbons (Fsp3) is 0.263. The van der Waals surface area contributed by atoms with Crippen molar-refractivity contribution < 1.29 is 14.5 Å². The summed E-state index contributed by atoms with van der Waals surface area (Å²) in [5, 5.41) is 13.8. The summed E-state index contributed by atoms with van der Waals surface area (Å²) in [6.07, 6.45) is 0.166. The number of carbonyl (C=O) groups excluding carboxylic acids is 2. The molecule has 2 aromatic carbocycles. The van der Waals surface area contributed by atoms with Crippen molar-refractivity contribution in [3.8, 4) is 0 Å². The summed E-state index contributed by atoms with van der Waals surface area (Å²) in [5.74, 6) is -0.627. The van der Waals surface area contributed by atoms with Crippen LogP contribution in [0, 0.1) is 24.0 Å². The Bertz CT molecular complexity index is 894. The molecule has 0 aliphatic carbocycles. The zero-order chi connectivity index (χ0) is 18.8. The van der Waals surface area contributed by atoms with Crippen molar-refractivity contribution in [2.24, 2.45) is 0 Å². The summed E-state index contributed by atoms with van der Waals surface area (Å²) in [5.41, 5.74) is 2.76. The first-order valence-electron chi connectivity index (χ1n) is 8.28. The van der Waals surface area contributed by atoms with Crippen LogP contribution in [-0.4, -0.2) is 29.3 Å². The topological polar surface area (TPSA) is 92.6 Å². The maximum Gasteiger partial charge on any atom is 0.282 e. The van der Waals surface area contributed by atoms with E-state index in [9.17, 15) is 19.7 Å². The lowest BCUT2D eigenvalue weighted by Gasteiger charge is -2.18. The van der Waals surface area contributed by atoms with Gasteiger partial charge in [-0.15, -0.1) is 0 Å². The molecule has 134 valence electrons. The van der Waals surface area contributed by atoms with Gasteiger partial charge in [0, 0.05) is 24.7 Å². The average Bonchev–Trinajstić information content (AvgIpc) is 2.97. The number of rotatable bonds is 4. The van der Waals surface area contributed by atoms with Crippen LogP contribution < -0.4 is 10.2 Å². The smallest absolute Gasteiger partial charge is 0.282 e. The third-order valence-corrected chi connectivity index (χ3v) is 4.61. The van der Waals surface area contributed by atoms with E-state index < -0.39 is 16.9 Å². The van der Waals surface area contributed by atoms with E-state index in [-0.39, 0.29) is 23.6 Å². The average molecular weight is 353 g/mol. The van der Waals surface area contributed by atoms with E-state index in [0.29, 0.717) is 6.54 Å². The van der Waals surface area contributed by atoms with Crippen molar-refractivity contribution in [2.45, 2.75) is 26.3 Å². The standard InChI is InChI=1S/C19H19N3O4/c1-12-7-8-15(9-13(12)2)21-11-14(10-18(21)23)20-19(24)16-5-3-4-6-17(16)22(25)26/h3-9,14H,10-11H2,1-2H3,(H,20,24)/t14-/m0/s1. The van der Waals surface area contributed by atoms with Crippen LogP contribution in [0.2, 0.25) is 0 Å². The summed E-state index contributed by atoms with van der Waals surface area (Å²) < 4.78 is 0. The predicted molar refractivity (Wildman–Crippen MR) is 97.2 cm³/mol. The van der Waals surface area contributed by atoms with Crippen molar-refractivity contribution in [3.63, 3.8) is 0 Å². The highest BCUT2D eigenvalue weighted by Crippen LogP contribution is 2.25. The highest BCUT2D eigenvalue weighted by atomic mass is 16.6. The minimum Gasteiger partial charge on any atom is -0.347 e. The Balaban J connectivity index is 1.74. The molecule has 1 heterocycles. The molecule has 0 saturated carbocycles. The van der Waals surface area contributed by atoms with E-state index in [0.717, 1.165) is 16.8 Å². The van der Waals surface area contributed by atoms with Gasteiger partial charge in [0.25, 0.3) is 11.6 Å². The Kier molecular flexibility index (Phi) is 4.71. The maximum absolute atomic E-state index is 12.4. The van der Waals surface area contributed by atoms with Crippen LogP contribution >= 0.6 is 0 Å². The highest BCUT2D eigenvalue weighted by Gasteiger charge is 2.32. The molecule has 2 amide bonds. The van der Waals surface area contributed by atoms with Crippen LogP contribution in [0.1, 0.15) is 27.9 Å². The molecular formula is C19H19N3O4. The van der Waals surface area contributed by atoms with Gasteiger partial charge < -0.3 is 10.2 Å². The SMILES string of the molecule is Cc1ccc(N2C[C@@H](NC(=O)c3ccccc3[N+](=O)[O-])CC2=O)cc1C. The highest BCUT2D eigenvalue weighted by molar-refractivity contribution is 6.00. The second-order valence-corrected chi connectivity index (χ2v) is 6.42. The van der Waals surface area contributed by atoms with E-state index in [1.807, 2.05) is 32.0 Å². The number of nitro groups is 1. The van der Waals surface area contributed by atoms with Crippen molar-refractivity contribution >= 4 is 23.2 Å². The zero-order valence-corrected chi connectivity index (χ0v) is 14.6. The third-order valence-electron chi connectivity index (χ3n) is 4.61. The molecule has 1 fully saturated rings. The second kappa shape index (κ2) is 6.95. The van der Waals surface area contributed by atoms with Crippen molar-refractivity contribution in [2.75, 3.05) is 11.4 Å². The Morgan fingerprint density at radius 1 is 1.19 bits per heavy atom. The monoisotopic (exact) mass is 353 g/mol. The number of nitro benzene ring substituents is 1. The molecule has 1 atom stereocenters. The van der Waals surface area contributed by atoms with Gasteiger partial charge in [0.05, 0.1) is 11.0 Å². The normalized spacial score (nSPS) is 16.6. The minimum atomic E-state index is -0.587. The van der Waals surface area contributed by atoms with E-state index in [2.05, 4.69) is 5.32 Å². The largest absolute Gasteiger partial charge is 0.347 e. The number of benzene rings is 2. The quantitative estimate of drug-likeness (QED) is 0.676. The Labute approximate surface area is 150 Å². The van der Waals surface area contributed by atoms with Crippen molar-refractivity contribution in [1.29, 1.82) is 0 Å². The fourth-order valence-electron chi connectivity index (χ4n) is 3.04. The van der Waals surface area contributed by atoms with Crippen LogP contribution in [-0.2, 0) is 4.79 Å². The van der Waals surface area contributed by atoms with Gasteiger partial charge in [0.2, 0.25) is 5.91 Å². The Morgan fingerprint density at radius 2 is 1.92 bits per heavy atom. The number of amides is 2. The molecule has 0 radical (unpaired) electrons. The lowest BCUT2D eigenvalue weighted by molar-refractivity contribution is -0.385. The molecule has 1 aliphatic heterocycles. The molecule has 7 nitrogen and oxygen atoms in total. The van der Waals surface area contributed by atoms with E-state index in [1.165, 1.54) is 18.2 Å². The summed E-state index contributed by atoms with van der Waals surface area (Å²) in [7, 11) is 0. The van der Waals surface area contributed by atoms with E-state index in [4.69, 9.17) is 0 Å². The zero-order valence-electron chi connectivity index (χ0n) is 14.6. The van der Waals surface area contributed by atoms with Gasteiger partial charge in [-0.3, -0.25) is 19.7 Å². The lowest BCUT2D eigenvalue weighted by Crippen LogP contribution is -2.37. The van der Waals surface area contributed by atoms with Crippen molar-refractivity contribution in [1.82, 2.24) is 5.32 Å². The number of hydrogen-bond donors (Lipinski definition) is 1. The van der Waals surface area contributed by atoms with Gasteiger partial charge >= 0.3 is 0 Å². The first-order chi connectivity index (χ1) is 12.4. The number of aryl methyl sites for hydroxylation is 2. The number of carbonyl (C=O) groups is 2. The molecule has 1 N–H and O–H groups in total. The molecule has 1 saturated heterocycles. The summed E-state index contributed by atoms with van der Waals surface area (Å²) >= 11 is 0. The minimum absolute atomic E-state index is 0.00502. The van der Waals surface area contributed by atoms with Gasteiger partial charge in [-0.2, -0.15) is 0 Å². The summed E-state index contributed by atoms with van der Waals surface area (Å²) in [4.78, 5) is 36.9. The summed E-state index contributed by atoms with van der Waals surface area (Å²) in [6, 6.07) is 11.2. The predicted octanol–water partition coefficient (Wildman–Crippen LogP) is 2.75. The van der Waals surface area contributed by atoms with Crippen LogP contribution in [0.25, 0.3) is 0 Å². The van der Waals surface area contributed by atoms with Gasteiger partial charge in [-0.05, 0) is 43.2 Å². The molecule has 0 unspecified atom stereocenters. The molecule has 0 aromatic heterocycles. The summed E-state index contributed by atoms with van der Waals surface area (Å²) in [6.45, 7) is 4.32. The molecule has 0 spiro atoms. The molecular weight excluding hydrogens is 334 g/mol. The van der Waals surface area contributed by atoms with Crippen LogP contribution in [0.3, 0.4) is 0 Å². The first-order valence-corrected chi connectivity index (χ1v) is 8.28. The molecule has 3 rings (SSSR count). The number of nitrogens with zero attached hydrogens (tertiary/aromatic N) is 2. The number of anilines is 1. The van der Waals surface area contributed by atoms with E-state index in [1.54, 1.807) is 11.0 Å². The number of hydrogen-bond acceptors (Lipinski definition) is 4. The molecule has 26 heavy (non-hydrogen) atoms. The Morgan fingerprint density at radius 3 is 2.62 bits per heavy atom. The van der Waals surface area contributed by atoms with Gasteiger partial charge in [-0.1, -0.05) is 18.2 Å². The molecule has 2 aromatic rings. The first kappa shape index (κ1) is 17.6. The van der Waals surface area contributed by atoms with Crippen molar-refractivity contribution in [3.05, 3.63) is 69.3 Å². The fourth-order valence-corrected chi connectivity index (χ4v) is 3.04. The van der Waals surface area contributed by atoms with Gasteiger partial charge in [0.1, 0.15) is 5.56 Å². The van der Waals surface area contributed by atoms with Crippen LogP contribution in [0.15, 0.2) is 42.5 Å². The van der Waals surface area contributed by atoms with E-state index >= 15 is 0 Å². The van der Waals surface area contributed by atoms with Crippen LogP contribution in [0.4, 0.5) is 11.4 Å². The Hall–Kier alpha value is -3.22. The van der Waals surface area contributed by atoms with Crippen LogP contribution in [0.5, 0.6) is 0 Å². The maximum atomic E-state index is 12.4. The molecule has 7 heteroatoms. The number of nitrogens with one attached hydrogen (secondary N) is 1. The number of para-hydroxylation sites is 1. The van der Waals surface area contributed by atoms with Gasteiger partial charge in [0.15, 0.2) is 0 Å². The lowest BCUT2D eigenvalue weighted by atomic mass is 10.1. The molecule has 0 bridgehead atoms. The molecule has 1 aliphatic rings. The third kappa shape index (κ3) is 3.42.